The van der Waals surface area contributed by atoms with Gasteiger partial charge >= 0.3 is 462 Å². The Balaban J connectivity index is -0.000000201. The monoisotopic (exact) mass is 1170 g/mol. The third kappa shape index (κ3) is 31.5. The first-order chi connectivity index (χ1) is 12.6. The molecule has 0 fully saturated rings. The molecule has 13 heteroatoms. The molecule has 1 rings (SSSR count). The summed E-state index contributed by atoms with van der Waals surface area (Å²) in [5.74, 6) is 1.65. The van der Waals surface area contributed by atoms with Gasteiger partial charge in [-0.15, -0.1) is 0 Å². The van der Waals surface area contributed by atoms with E-state index in [0.717, 1.165) is 233 Å². The number of benzene rings is 1. The SMILES string of the molecule is C[C-]=CP=C([C-]=[V])C(=O)N[C](=[W])c1c[c-]c(CC)[c-]c1.[Rb+].[Rb+].[Rb][Rb].[Rb][Rb].[Rb][Rb]. The summed E-state index contributed by atoms with van der Waals surface area (Å²) in [6.07, 6.45) is 3.80. The molecule has 28 heavy (non-hydrogen) atoms. The third-order valence-corrected chi connectivity index (χ3v) is 5.10. The Labute approximate surface area is 438 Å². The molecular weight excluding hydrogens is 1160 g/mol. The average molecular weight is 1170 g/mol. The van der Waals surface area contributed by atoms with E-state index in [0.29, 0.717) is 5.29 Å². The van der Waals surface area contributed by atoms with Crippen LogP contribution in [0, 0.1) is 18.2 Å². The minimum absolute atomic E-state index is 0. The Bertz CT molecular complexity index is 588. The number of hydrogen-bond donors (Lipinski definition) is 1. The topological polar surface area (TPSA) is 29.1 Å². The van der Waals surface area contributed by atoms with Gasteiger partial charge in [0.1, 0.15) is 0 Å². The normalized spacial score (nSPS) is 8.96. The molecule has 1 N–H and O–H groups in total. The van der Waals surface area contributed by atoms with Gasteiger partial charge < -0.3 is 0 Å². The van der Waals surface area contributed by atoms with Gasteiger partial charge in [-0.25, -0.2) is 0 Å². The van der Waals surface area contributed by atoms with Gasteiger partial charge in [-0.05, 0) is 0 Å². The van der Waals surface area contributed by atoms with E-state index >= 15 is 0 Å². The molecule has 0 spiro atoms. The zero-order valence-corrected chi connectivity index (χ0v) is 63.7. The van der Waals surface area contributed by atoms with Crippen molar-refractivity contribution in [3.05, 3.63) is 47.3 Å². The fraction of sp³-hybridized carbons (Fsp3) is 0.200. The number of nitrogens with one attached hydrogen (secondary N) is 1. The Morgan fingerprint density at radius 1 is 1.21 bits per heavy atom. The van der Waals surface area contributed by atoms with E-state index in [1.54, 1.807) is 12.7 Å². The summed E-state index contributed by atoms with van der Waals surface area (Å²) in [5, 5.41) is 3.47. The van der Waals surface area contributed by atoms with Crippen molar-refractivity contribution in [1.82, 2.24) is 5.32 Å². The Morgan fingerprint density at radius 2 is 1.68 bits per heavy atom. The first kappa shape index (κ1) is 51.6. The van der Waals surface area contributed by atoms with E-state index in [1.165, 1.54) is 19.4 Å². The predicted octanol–water partition coefficient (Wildman–Crippen LogP) is -6.61. The van der Waals surface area contributed by atoms with Gasteiger partial charge in [0.25, 0.3) is 0 Å². The molecule has 0 heterocycles. The summed E-state index contributed by atoms with van der Waals surface area (Å²) in [6, 6.07) is 10.1. The van der Waals surface area contributed by atoms with Crippen LogP contribution in [0.15, 0.2) is 17.9 Å². The van der Waals surface area contributed by atoms with E-state index in [9.17, 15) is 4.79 Å². The van der Waals surface area contributed by atoms with Crippen molar-refractivity contribution in [2.24, 2.45) is 0 Å². The molecule has 0 unspecified atom stereocenters. The van der Waals surface area contributed by atoms with Gasteiger partial charge in [-0.2, -0.15) is 0 Å². The van der Waals surface area contributed by atoms with Crippen LogP contribution in [0.2, 0.25) is 0 Å². The van der Waals surface area contributed by atoms with Crippen LogP contribution in [0.3, 0.4) is 0 Å². The Hall–Kier alpha value is 14.1. The summed E-state index contributed by atoms with van der Waals surface area (Å²) in [4.78, 5) is 12.1. The molecule has 1 amide bonds. The average Bonchev–Trinajstić information content (AvgIpc) is 2.73. The zero-order valence-electron chi connectivity index (χ0n) is 19.2. The van der Waals surface area contributed by atoms with Gasteiger partial charge in [0.15, 0.2) is 0 Å². The van der Waals surface area contributed by atoms with Crippen molar-refractivity contribution >= 4 is 231 Å². The van der Waals surface area contributed by atoms with Crippen molar-refractivity contribution in [3.8, 4) is 0 Å². The Morgan fingerprint density at radius 3 is 2.04 bits per heavy atom. The van der Waals surface area contributed by atoms with E-state index in [-0.39, 0.29) is 122 Å². The molecule has 0 bridgehead atoms. The maximum absolute atomic E-state index is 12.1. The number of allylic oxidation sites excluding steroid dienone is 1. The molecule has 109 valence electrons. The quantitative estimate of drug-likeness (QED) is 0.223. The van der Waals surface area contributed by atoms with Crippen LogP contribution in [0.25, 0.3) is 0 Å². The van der Waals surface area contributed by atoms with E-state index in [2.05, 4.69) is 52.2 Å². The molecule has 0 atom stereocenters. The van der Waals surface area contributed by atoms with Crippen molar-refractivity contribution < 1.29 is 158 Å². The molecule has 1 aromatic rings. The first-order valence-corrected chi connectivity index (χ1v) is 114. The first-order valence-electron chi connectivity index (χ1n) is 8.87. The van der Waals surface area contributed by atoms with Crippen LogP contribution in [0.5, 0.6) is 0 Å². The van der Waals surface area contributed by atoms with Gasteiger partial charge in [-0.1, -0.05) is 0 Å². The van der Waals surface area contributed by atoms with Gasteiger partial charge in [0.05, 0.1) is 0 Å². The van der Waals surface area contributed by atoms with Crippen molar-refractivity contribution in [2.45, 2.75) is 20.3 Å². The molecule has 2 nitrogen and oxygen atoms in total. The number of amides is 1. The molecule has 0 aliphatic carbocycles. The molecule has 0 radical (unpaired) electrons. The fourth-order valence-electron chi connectivity index (χ4n) is 1.25. The molecule has 0 aliphatic heterocycles. The molecule has 0 aromatic heterocycles. The van der Waals surface area contributed by atoms with Crippen molar-refractivity contribution in [2.75, 3.05) is 0 Å². The van der Waals surface area contributed by atoms with Gasteiger partial charge in [0.2, 0.25) is 0 Å². The summed E-state index contributed by atoms with van der Waals surface area (Å²) in [6.45, 7) is 3.87. The van der Waals surface area contributed by atoms with Crippen LogP contribution >= 0.6 is 8.20 Å². The predicted molar refractivity (Wildman–Crippen MR) is 111 cm³/mol. The molecule has 0 saturated carbocycles. The number of carbonyl (C=O) groups excluding carboxylic acids is 1. The second-order valence-electron chi connectivity index (χ2n) is 3.66. The van der Waals surface area contributed by atoms with Crippen LogP contribution in [-0.4, -0.2) is 223 Å². The fourth-order valence-corrected chi connectivity index (χ4v) is 2.92. The zero-order chi connectivity index (χ0) is 21.0. The summed E-state index contributed by atoms with van der Waals surface area (Å²) in [7, 11) is 0.788. The second kappa shape index (κ2) is 43.2. The molecular formula is C15H12NOPRb8VW-2. The number of carbonyl (C=O) groups is 1. The number of rotatable bonds is 6. The standard InChI is InChI=1S/C15H12NOP.8Rb.V.W/c1-4-10-18-12(3)15(17)16-11-14-8-6-13(5-2)7-9-14;;;;;;;;;;/h8-10H,5H2,1-2H3,(H,16,17);;;;;;;;;;/q-4;;;;;;;2*+1;;. The van der Waals surface area contributed by atoms with E-state index in [1.807, 2.05) is 12.1 Å². The Kier molecular flexibility index (Phi) is 79.6. The minimum atomic E-state index is -0.136. The van der Waals surface area contributed by atoms with Gasteiger partial charge in [-0.3, -0.25) is 0 Å². The van der Waals surface area contributed by atoms with Gasteiger partial charge in [0, 0.05) is 0 Å². The maximum atomic E-state index is 12.1. The van der Waals surface area contributed by atoms with Crippen LogP contribution in [0.1, 0.15) is 25.0 Å². The summed E-state index contributed by atoms with van der Waals surface area (Å²) >= 11 is 10.3. The summed E-state index contributed by atoms with van der Waals surface area (Å²) < 4.78 is 3.72. The van der Waals surface area contributed by atoms with Crippen molar-refractivity contribution in [1.29, 1.82) is 0 Å². The number of aryl methyl sites for hydroxylation is 1. The molecule has 1 aromatic carbocycles. The van der Waals surface area contributed by atoms with E-state index < -0.39 is 0 Å². The van der Waals surface area contributed by atoms with Crippen molar-refractivity contribution in [3.63, 3.8) is 0 Å². The molecule has 0 aliphatic rings. The van der Waals surface area contributed by atoms with Crippen LogP contribution < -0.4 is 122 Å². The number of hydrogen-bond acceptors (Lipinski definition) is 1. The molecule has 0 saturated heterocycles. The van der Waals surface area contributed by atoms with Crippen LogP contribution in [0.4, 0.5) is 0 Å². The van der Waals surface area contributed by atoms with Crippen LogP contribution in [-0.2, 0) is 47.5 Å². The third-order valence-electron chi connectivity index (χ3n) is 2.29. The van der Waals surface area contributed by atoms with E-state index in [4.69, 9.17) is 0 Å². The summed E-state index contributed by atoms with van der Waals surface area (Å²) in [5.41, 5.74) is 1.99. The second-order valence-corrected chi connectivity index (χ2v) is 6.43.